The molecule has 0 fully saturated rings. The van der Waals surface area contributed by atoms with Crippen molar-refractivity contribution < 1.29 is 18.8 Å². The van der Waals surface area contributed by atoms with E-state index in [0.717, 1.165) is 22.7 Å². The van der Waals surface area contributed by atoms with Gasteiger partial charge in [0.2, 0.25) is 0 Å². The molecule has 5 nitrogen and oxygen atoms in total. The van der Waals surface area contributed by atoms with Gasteiger partial charge in [0.1, 0.15) is 5.82 Å². The van der Waals surface area contributed by atoms with Crippen molar-refractivity contribution >= 4 is 27.4 Å². The zero-order valence-electron chi connectivity index (χ0n) is 10.6. The molecule has 0 saturated heterocycles. The molecule has 0 aliphatic carbocycles. The Morgan fingerprint density at radius 2 is 1.90 bits per heavy atom. The molecule has 0 bridgehead atoms. The molecule has 0 aliphatic heterocycles. The molecule has 7 heteroatoms. The number of carbonyl (C=O) groups is 1. The average Bonchev–Trinajstić information content (AvgIpc) is 2.46. The number of carbonyl (C=O) groups excluding carboxylic acids is 1. The maximum atomic E-state index is 13.0. The summed E-state index contributed by atoms with van der Waals surface area (Å²) in [5.74, 6) is -1.22. The Labute approximate surface area is 127 Å². The number of halogens is 2. The summed E-state index contributed by atoms with van der Waals surface area (Å²) in [6.45, 7) is -0.367. The van der Waals surface area contributed by atoms with Crippen LogP contribution in [0.25, 0.3) is 0 Å². The van der Waals surface area contributed by atoms with E-state index in [0.29, 0.717) is 5.56 Å². The van der Waals surface area contributed by atoms with Crippen LogP contribution in [0.1, 0.15) is 10.4 Å². The molecule has 0 amide bonds. The van der Waals surface area contributed by atoms with Crippen molar-refractivity contribution in [1.29, 1.82) is 0 Å². The van der Waals surface area contributed by atoms with E-state index >= 15 is 0 Å². The SMILES string of the molecule is O=C(COc1ccc(F)cc1[N+](=O)[O-])c1ccc(Br)cc1. The number of ketones is 1. The monoisotopic (exact) mass is 353 g/mol. The fraction of sp³-hybridized carbons (Fsp3) is 0.0714. The standard InChI is InChI=1S/C14H9BrFNO4/c15-10-3-1-9(2-4-10)13(18)8-21-14-6-5-11(16)7-12(14)17(19)20/h1-7H,8H2. The van der Waals surface area contributed by atoms with Gasteiger partial charge in [0.05, 0.1) is 11.0 Å². The molecule has 2 rings (SSSR count). The highest BCUT2D eigenvalue weighted by atomic mass is 79.9. The van der Waals surface area contributed by atoms with Crippen LogP contribution >= 0.6 is 15.9 Å². The molecule has 0 spiro atoms. The van der Waals surface area contributed by atoms with Gasteiger partial charge in [-0.25, -0.2) is 4.39 Å². The minimum Gasteiger partial charge on any atom is -0.478 e. The van der Waals surface area contributed by atoms with Crippen LogP contribution in [-0.2, 0) is 0 Å². The van der Waals surface area contributed by atoms with E-state index in [1.807, 2.05) is 0 Å². The van der Waals surface area contributed by atoms with Crippen molar-refractivity contribution in [3.05, 3.63) is 68.4 Å². The molecule has 0 N–H and O–H groups in total. The Bertz CT molecular complexity index is 688. The lowest BCUT2D eigenvalue weighted by atomic mass is 10.1. The number of benzene rings is 2. The molecule has 2 aromatic rings. The predicted molar refractivity (Wildman–Crippen MR) is 77.0 cm³/mol. The molecule has 2 aromatic carbocycles. The molecule has 21 heavy (non-hydrogen) atoms. The van der Waals surface area contributed by atoms with Crippen LogP contribution in [0.2, 0.25) is 0 Å². The third kappa shape index (κ3) is 3.85. The molecule has 0 saturated carbocycles. The molecular formula is C14H9BrFNO4. The summed E-state index contributed by atoms with van der Waals surface area (Å²) < 4.78 is 18.9. The third-order valence-corrected chi connectivity index (χ3v) is 3.17. The number of nitro groups is 1. The number of rotatable bonds is 5. The minimum absolute atomic E-state index is 0.146. The number of ether oxygens (including phenoxy) is 1. The second kappa shape index (κ2) is 6.45. The second-order valence-corrected chi connectivity index (χ2v) is 5.00. The Kier molecular flexibility index (Phi) is 4.64. The van der Waals surface area contributed by atoms with Gasteiger partial charge in [-0.3, -0.25) is 14.9 Å². The van der Waals surface area contributed by atoms with Crippen molar-refractivity contribution in [3.63, 3.8) is 0 Å². The third-order valence-electron chi connectivity index (χ3n) is 2.64. The number of nitro benzene ring substituents is 1. The summed E-state index contributed by atoms with van der Waals surface area (Å²) in [6, 6.07) is 9.53. The lowest BCUT2D eigenvalue weighted by Crippen LogP contribution is -2.12. The maximum absolute atomic E-state index is 13.0. The first kappa shape index (κ1) is 15.1. The van der Waals surface area contributed by atoms with Crippen LogP contribution in [0.15, 0.2) is 46.9 Å². The summed E-state index contributed by atoms with van der Waals surface area (Å²) in [7, 11) is 0. The molecule has 0 aliphatic rings. The smallest absolute Gasteiger partial charge is 0.313 e. The lowest BCUT2D eigenvalue weighted by molar-refractivity contribution is -0.386. The van der Waals surface area contributed by atoms with E-state index in [-0.39, 0.29) is 18.1 Å². The van der Waals surface area contributed by atoms with Gasteiger partial charge in [0, 0.05) is 10.0 Å². The Balaban J connectivity index is 2.11. The molecule has 0 heterocycles. The minimum atomic E-state index is -0.761. The second-order valence-electron chi connectivity index (χ2n) is 4.09. The molecule has 108 valence electrons. The molecule has 0 aromatic heterocycles. The summed E-state index contributed by atoms with van der Waals surface area (Å²) in [4.78, 5) is 21.9. The van der Waals surface area contributed by atoms with Gasteiger partial charge in [-0.1, -0.05) is 28.1 Å². The van der Waals surface area contributed by atoms with E-state index in [1.54, 1.807) is 24.3 Å². The number of hydrogen-bond donors (Lipinski definition) is 0. The molecule has 0 atom stereocenters. The van der Waals surface area contributed by atoms with E-state index < -0.39 is 16.4 Å². The van der Waals surface area contributed by atoms with Gasteiger partial charge in [0.15, 0.2) is 18.1 Å². The normalized spacial score (nSPS) is 10.2. The summed E-state index contributed by atoms with van der Waals surface area (Å²) >= 11 is 3.25. The summed E-state index contributed by atoms with van der Waals surface area (Å²) in [5, 5.41) is 10.8. The lowest BCUT2D eigenvalue weighted by Gasteiger charge is -2.06. The first-order valence-corrected chi connectivity index (χ1v) is 6.62. The van der Waals surface area contributed by atoms with Gasteiger partial charge >= 0.3 is 5.69 Å². The molecule has 0 radical (unpaired) electrons. The van der Waals surface area contributed by atoms with Crippen molar-refractivity contribution in [2.75, 3.05) is 6.61 Å². The van der Waals surface area contributed by atoms with Crippen molar-refractivity contribution in [3.8, 4) is 5.75 Å². The number of hydrogen-bond acceptors (Lipinski definition) is 4. The van der Waals surface area contributed by atoms with E-state index in [1.165, 1.54) is 0 Å². The van der Waals surface area contributed by atoms with Gasteiger partial charge in [-0.2, -0.15) is 0 Å². The van der Waals surface area contributed by atoms with Gasteiger partial charge in [-0.15, -0.1) is 0 Å². The van der Waals surface area contributed by atoms with Crippen LogP contribution in [0.3, 0.4) is 0 Å². The average molecular weight is 354 g/mol. The number of Topliss-reactive ketones (excluding diaryl/α,β-unsaturated/α-hetero) is 1. The predicted octanol–water partition coefficient (Wildman–Crippen LogP) is 3.76. The van der Waals surface area contributed by atoms with Crippen LogP contribution < -0.4 is 4.74 Å². The van der Waals surface area contributed by atoms with E-state index in [9.17, 15) is 19.3 Å². The van der Waals surface area contributed by atoms with Gasteiger partial charge < -0.3 is 4.74 Å². The fourth-order valence-corrected chi connectivity index (χ4v) is 1.88. The van der Waals surface area contributed by atoms with Crippen molar-refractivity contribution in [2.24, 2.45) is 0 Å². The topological polar surface area (TPSA) is 69.4 Å². The Morgan fingerprint density at radius 1 is 1.24 bits per heavy atom. The highest BCUT2D eigenvalue weighted by Crippen LogP contribution is 2.27. The Hall–Kier alpha value is -2.28. The van der Waals surface area contributed by atoms with E-state index in [2.05, 4.69) is 15.9 Å². The Morgan fingerprint density at radius 3 is 2.52 bits per heavy atom. The van der Waals surface area contributed by atoms with E-state index in [4.69, 9.17) is 4.74 Å². The zero-order valence-corrected chi connectivity index (χ0v) is 12.2. The molecular weight excluding hydrogens is 345 g/mol. The summed E-state index contributed by atoms with van der Waals surface area (Å²) in [5.41, 5.74) is -0.0958. The summed E-state index contributed by atoms with van der Waals surface area (Å²) in [6.07, 6.45) is 0. The van der Waals surface area contributed by atoms with Crippen LogP contribution in [0.4, 0.5) is 10.1 Å². The number of nitrogens with zero attached hydrogens (tertiary/aromatic N) is 1. The largest absolute Gasteiger partial charge is 0.478 e. The van der Waals surface area contributed by atoms with Crippen LogP contribution in [0.5, 0.6) is 5.75 Å². The van der Waals surface area contributed by atoms with Gasteiger partial charge in [-0.05, 0) is 24.3 Å². The highest BCUT2D eigenvalue weighted by Gasteiger charge is 2.17. The molecule has 0 unspecified atom stereocenters. The maximum Gasteiger partial charge on any atom is 0.313 e. The highest BCUT2D eigenvalue weighted by molar-refractivity contribution is 9.10. The van der Waals surface area contributed by atoms with Crippen LogP contribution in [-0.4, -0.2) is 17.3 Å². The quantitative estimate of drug-likeness (QED) is 0.466. The first-order valence-electron chi connectivity index (χ1n) is 5.83. The van der Waals surface area contributed by atoms with Crippen molar-refractivity contribution in [1.82, 2.24) is 0 Å². The van der Waals surface area contributed by atoms with Crippen LogP contribution in [0, 0.1) is 15.9 Å². The van der Waals surface area contributed by atoms with Gasteiger partial charge in [0.25, 0.3) is 0 Å². The van der Waals surface area contributed by atoms with Crippen molar-refractivity contribution in [2.45, 2.75) is 0 Å². The first-order chi connectivity index (χ1) is 9.97. The fourth-order valence-electron chi connectivity index (χ4n) is 1.62. The zero-order chi connectivity index (χ0) is 15.4.